The fourth-order valence-corrected chi connectivity index (χ4v) is 9.93. The second kappa shape index (κ2) is 9.07. The molecule has 0 fully saturated rings. The Morgan fingerprint density at radius 1 is 0.283 bits per heavy atom. The van der Waals surface area contributed by atoms with Gasteiger partial charge in [0.2, 0.25) is 0 Å². The van der Waals surface area contributed by atoms with Gasteiger partial charge in [-0.05, 0) is 72.8 Å². The lowest BCUT2D eigenvalue weighted by atomic mass is 10.1. The van der Waals surface area contributed by atoms with Crippen LogP contribution in [0.1, 0.15) is 0 Å². The molecule has 4 heteroatoms. The Hall–Kier alpha value is -5.42. The van der Waals surface area contributed by atoms with Gasteiger partial charge in [0, 0.05) is 73.3 Å². The minimum Gasteiger partial charge on any atom is -0.309 e. The lowest BCUT2D eigenvalue weighted by molar-refractivity contribution is 1.15. The number of para-hydroxylation sites is 2. The molecule has 0 bridgehead atoms. The Balaban J connectivity index is 1.15. The Labute approximate surface area is 271 Å². The third kappa shape index (κ3) is 3.30. The van der Waals surface area contributed by atoms with E-state index in [0.29, 0.717) is 0 Å². The van der Waals surface area contributed by atoms with Crippen LogP contribution in [0, 0.1) is 0 Å². The number of nitrogens with zero attached hydrogens (tertiary/aromatic N) is 2. The molecule has 0 aliphatic heterocycles. The Bertz CT molecular complexity index is 2810. The molecule has 46 heavy (non-hydrogen) atoms. The summed E-state index contributed by atoms with van der Waals surface area (Å²) in [5.41, 5.74) is 7.29. The SMILES string of the molecule is c1ccc2c(c1)sc1cc3c4ccccc4n(-c4ccc(-n5c6ccccc6c6cc7sc8ccccc8c7cc65)cc4)c3cc12. The highest BCUT2D eigenvalue weighted by Crippen LogP contribution is 2.42. The maximum Gasteiger partial charge on any atom is 0.0548 e. The van der Waals surface area contributed by atoms with Crippen LogP contribution in [0.25, 0.3) is 95.3 Å². The van der Waals surface area contributed by atoms with Gasteiger partial charge >= 0.3 is 0 Å². The van der Waals surface area contributed by atoms with E-state index in [2.05, 4.69) is 155 Å². The molecule has 7 aromatic carbocycles. The highest BCUT2D eigenvalue weighted by Gasteiger charge is 2.18. The molecule has 214 valence electrons. The van der Waals surface area contributed by atoms with Crippen molar-refractivity contribution in [2.45, 2.75) is 0 Å². The number of hydrogen-bond acceptors (Lipinski definition) is 2. The van der Waals surface area contributed by atoms with Crippen molar-refractivity contribution < 1.29 is 0 Å². The second-order valence-electron chi connectivity index (χ2n) is 12.1. The third-order valence-corrected chi connectivity index (χ3v) is 12.0. The topological polar surface area (TPSA) is 9.86 Å². The summed E-state index contributed by atoms with van der Waals surface area (Å²) in [7, 11) is 0. The summed E-state index contributed by atoms with van der Waals surface area (Å²) in [6, 6.07) is 53.9. The van der Waals surface area contributed by atoms with Crippen LogP contribution < -0.4 is 0 Å². The van der Waals surface area contributed by atoms with Gasteiger partial charge in [0.15, 0.2) is 0 Å². The molecule has 4 aromatic heterocycles. The number of benzene rings is 7. The molecular weight excluding hydrogens is 597 g/mol. The zero-order chi connectivity index (χ0) is 29.9. The second-order valence-corrected chi connectivity index (χ2v) is 14.3. The largest absolute Gasteiger partial charge is 0.309 e. The van der Waals surface area contributed by atoms with Gasteiger partial charge in [0.25, 0.3) is 0 Å². The van der Waals surface area contributed by atoms with Crippen molar-refractivity contribution in [1.29, 1.82) is 0 Å². The Morgan fingerprint density at radius 2 is 0.674 bits per heavy atom. The van der Waals surface area contributed by atoms with Gasteiger partial charge < -0.3 is 9.13 Å². The van der Waals surface area contributed by atoms with Crippen LogP contribution in [-0.4, -0.2) is 9.13 Å². The zero-order valence-corrected chi connectivity index (χ0v) is 26.2. The van der Waals surface area contributed by atoms with Crippen LogP contribution in [0.2, 0.25) is 0 Å². The molecule has 0 saturated heterocycles. The van der Waals surface area contributed by atoms with Crippen LogP contribution in [0.5, 0.6) is 0 Å². The normalized spacial score (nSPS) is 12.3. The molecule has 0 radical (unpaired) electrons. The minimum absolute atomic E-state index is 1.17. The van der Waals surface area contributed by atoms with Crippen molar-refractivity contribution in [2.75, 3.05) is 0 Å². The van der Waals surface area contributed by atoms with Crippen LogP contribution in [0.3, 0.4) is 0 Å². The predicted molar refractivity (Wildman–Crippen MR) is 201 cm³/mol. The predicted octanol–water partition coefficient (Wildman–Crippen LogP) is 12.6. The smallest absolute Gasteiger partial charge is 0.0548 e. The van der Waals surface area contributed by atoms with Gasteiger partial charge in [0.05, 0.1) is 22.1 Å². The first kappa shape index (κ1) is 24.8. The van der Waals surface area contributed by atoms with E-state index < -0.39 is 0 Å². The fourth-order valence-electron chi connectivity index (χ4n) is 7.68. The summed E-state index contributed by atoms with van der Waals surface area (Å²) in [5.74, 6) is 0. The summed E-state index contributed by atoms with van der Waals surface area (Å²) in [6.07, 6.45) is 0. The molecule has 2 nitrogen and oxygen atoms in total. The third-order valence-electron chi connectivity index (χ3n) is 9.71. The van der Waals surface area contributed by atoms with E-state index in [1.54, 1.807) is 0 Å². The van der Waals surface area contributed by atoms with Crippen LogP contribution in [0.15, 0.2) is 146 Å². The van der Waals surface area contributed by atoms with Crippen molar-refractivity contribution in [3.63, 3.8) is 0 Å². The summed E-state index contributed by atoms with van der Waals surface area (Å²) < 4.78 is 10.2. The summed E-state index contributed by atoms with van der Waals surface area (Å²) in [4.78, 5) is 0. The van der Waals surface area contributed by atoms with E-state index >= 15 is 0 Å². The standard InChI is InChI=1S/C42H24N2S2/c1-5-13-35-27(9-1)31-23-41-33(29-11-3-7-15-39(29)45-41)21-37(31)43(35)25-17-19-26(20-18-25)44-36-14-6-2-10-28(36)32-24-42-34(22-38(32)44)30-12-4-8-16-40(30)46-42/h1-24H. The molecule has 0 aliphatic carbocycles. The maximum atomic E-state index is 2.44. The maximum absolute atomic E-state index is 2.44. The van der Waals surface area contributed by atoms with Gasteiger partial charge in [-0.15, -0.1) is 22.7 Å². The average Bonchev–Trinajstić information content (AvgIpc) is 3.84. The van der Waals surface area contributed by atoms with E-state index in [1.165, 1.54) is 95.3 Å². The van der Waals surface area contributed by atoms with Crippen molar-refractivity contribution in [2.24, 2.45) is 0 Å². The molecule has 0 amide bonds. The molecule has 11 aromatic rings. The number of aromatic nitrogens is 2. The monoisotopic (exact) mass is 620 g/mol. The molecule has 0 spiro atoms. The molecule has 11 rings (SSSR count). The number of thiophene rings is 2. The highest BCUT2D eigenvalue weighted by atomic mass is 32.1. The van der Waals surface area contributed by atoms with Crippen LogP contribution in [0.4, 0.5) is 0 Å². The van der Waals surface area contributed by atoms with Crippen LogP contribution >= 0.6 is 22.7 Å². The molecule has 0 aliphatic rings. The average molecular weight is 621 g/mol. The van der Waals surface area contributed by atoms with Crippen molar-refractivity contribution in [3.05, 3.63) is 146 Å². The molecule has 0 N–H and O–H groups in total. The van der Waals surface area contributed by atoms with E-state index in [9.17, 15) is 0 Å². The van der Waals surface area contributed by atoms with Crippen molar-refractivity contribution in [3.8, 4) is 11.4 Å². The first-order valence-corrected chi connectivity index (χ1v) is 17.2. The lowest BCUT2D eigenvalue weighted by Crippen LogP contribution is -1.97. The first-order valence-electron chi connectivity index (χ1n) is 15.6. The van der Waals surface area contributed by atoms with E-state index in [4.69, 9.17) is 0 Å². The number of rotatable bonds is 2. The minimum atomic E-state index is 1.17. The molecule has 0 atom stereocenters. The Kier molecular flexibility index (Phi) is 4.90. The van der Waals surface area contributed by atoms with Gasteiger partial charge in [0.1, 0.15) is 0 Å². The fraction of sp³-hybridized carbons (Fsp3) is 0. The molecule has 0 saturated carbocycles. The van der Waals surface area contributed by atoms with Crippen LogP contribution in [-0.2, 0) is 0 Å². The van der Waals surface area contributed by atoms with Crippen molar-refractivity contribution in [1.82, 2.24) is 9.13 Å². The van der Waals surface area contributed by atoms with E-state index in [1.807, 2.05) is 22.7 Å². The number of fused-ring (bicyclic) bond motifs is 12. The Morgan fingerprint density at radius 3 is 1.13 bits per heavy atom. The van der Waals surface area contributed by atoms with Gasteiger partial charge in [-0.25, -0.2) is 0 Å². The van der Waals surface area contributed by atoms with Gasteiger partial charge in [-0.1, -0.05) is 72.8 Å². The first-order chi connectivity index (χ1) is 22.8. The van der Waals surface area contributed by atoms with E-state index in [0.717, 1.165) is 0 Å². The lowest BCUT2D eigenvalue weighted by Gasteiger charge is -2.12. The highest BCUT2D eigenvalue weighted by molar-refractivity contribution is 7.26. The van der Waals surface area contributed by atoms with E-state index in [-0.39, 0.29) is 0 Å². The molecule has 0 unspecified atom stereocenters. The van der Waals surface area contributed by atoms with Crippen molar-refractivity contribution >= 4 is 107 Å². The quantitative estimate of drug-likeness (QED) is 0.182. The van der Waals surface area contributed by atoms with Gasteiger partial charge in [-0.2, -0.15) is 0 Å². The summed E-state index contributed by atoms with van der Waals surface area (Å²) in [6.45, 7) is 0. The summed E-state index contributed by atoms with van der Waals surface area (Å²) in [5, 5.41) is 10.5. The molecular formula is C42H24N2S2. The summed E-state index contributed by atoms with van der Waals surface area (Å²) >= 11 is 3.77. The van der Waals surface area contributed by atoms with Gasteiger partial charge in [-0.3, -0.25) is 0 Å². The number of hydrogen-bond donors (Lipinski definition) is 0. The zero-order valence-electron chi connectivity index (χ0n) is 24.6. The molecule has 4 heterocycles.